The highest BCUT2D eigenvalue weighted by atomic mass is 35.5. The number of aryl methyl sites for hydroxylation is 1. The highest BCUT2D eigenvalue weighted by Crippen LogP contribution is 2.28. The van der Waals surface area contributed by atoms with E-state index < -0.39 is 0 Å². The Morgan fingerprint density at radius 2 is 1.71 bits per heavy atom. The lowest BCUT2D eigenvalue weighted by molar-refractivity contribution is -0.143. The quantitative estimate of drug-likeness (QED) is 0.498. The topological polar surface area (TPSA) is 44.1 Å². The van der Waals surface area contributed by atoms with Gasteiger partial charge in [-0.05, 0) is 42.7 Å². The lowest BCUT2D eigenvalue weighted by atomic mass is 9.98. The van der Waals surface area contributed by atoms with Crippen LogP contribution in [0.1, 0.15) is 28.1 Å². The molecular formula is C22H22Cl2N2O2. The second-order valence-electron chi connectivity index (χ2n) is 6.65. The van der Waals surface area contributed by atoms with Crippen molar-refractivity contribution >= 4 is 29.2 Å². The first kappa shape index (κ1) is 20.4. The molecule has 6 heteroatoms. The van der Waals surface area contributed by atoms with Gasteiger partial charge in [0.2, 0.25) is 0 Å². The zero-order valence-electron chi connectivity index (χ0n) is 15.9. The second kappa shape index (κ2) is 9.26. The minimum absolute atomic E-state index is 0.209. The highest BCUT2D eigenvalue weighted by molar-refractivity contribution is 6.36. The third-order valence-corrected chi connectivity index (χ3v) is 5.53. The van der Waals surface area contributed by atoms with Gasteiger partial charge in [0.15, 0.2) is 0 Å². The van der Waals surface area contributed by atoms with E-state index in [0.29, 0.717) is 29.6 Å². The van der Waals surface area contributed by atoms with Gasteiger partial charge in [-0.2, -0.15) is 0 Å². The summed E-state index contributed by atoms with van der Waals surface area (Å²) in [5.41, 5.74) is 4.85. The smallest absolute Gasteiger partial charge is 0.310 e. The van der Waals surface area contributed by atoms with Crippen LogP contribution in [0.2, 0.25) is 10.0 Å². The average molecular weight is 417 g/mol. The average Bonchev–Trinajstić information content (AvgIpc) is 2.98. The third-order valence-electron chi connectivity index (χ3n) is 4.82. The van der Waals surface area contributed by atoms with Crippen LogP contribution in [0.3, 0.4) is 0 Å². The third kappa shape index (κ3) is 4.94. The molecule has 0 bridgehead atoms. The van der Waals surface area contributed by atoms with Crippen molar-refractivity contribution in [2.45, 2.75) is 33.2 Å². The SMILES string of the molecule is Cc1ncn(CCOC(=O)Cc2ccccc2Cc2c(Cl)cccc2Cl)c1C. The van der Waals surface area contributed by atoms with Gasteiger partial charge < -0.3 is 9.30 Å². The predicted molar refractivity (Wildman–Crippen MR) is 112 cm³/mol. The summed E-state index contributed by atoms with van der Waals surface area (Å²) in [6.07, 6.45) is 2.54. The highest BCUT2D eigenvalue weighted by Gasteiger charge is 2.13. The first-order valence-electron chi connectivity index (χ1n) is 9.09. The van der Waals surface area contributed by atoms with Crippen LogP contribution in [0.15, 0.2) is 48.8 Å². The fourth-order valence-corrected chi connectivity index (χ4v) is 3.56. The van der Waals surface area contributed by atoms with Gasteiger partial charge in [0.1, 0.15) is 6.61 Å². The number of benzene rings is 2. The molecule has 2 aromatic carbocycles. The summed E-state index contributed by atoms with van der Waals surface area (Å²) in [6, 6.07) is 13.2. The van der Waals surface area contributed by atoms with Crippen molar-refractivity contribution in [2.24, 2.45) is 0 Å². The molecule has 0 saturated heterocycles. The standard InChI is InChI=1S/C22H22Cl2N2O2/c1-15-16(2)26(14-25-15)10-11-28-22(27)13-18-7-4-3-6-17(18)12-19-20(23)8-5-9-21(19)24/h3-9,14H,10-13H2,1-2H3. The molecule has 0 spiro atoms. The van der Waals surface area contributed by atoms with E-state index in [4.69, 9.17) is 27.9 Å². The Hall–Kier alpha value is -2.30. The van der Waals surface area contributed by atoms with Gasteiger partial charge in [-0.3, -0.25) is 4.79 Å². The fourth-order valence-electron chi connectivity index (χ4n) is 3.03. The molecule has 0 radical (unpaired) electrons. The monoisotopic (exact) mass is 416 g/mol. The van der Waals surface area contributed by atoms with E-state index in [9.17, 15) is 4.79 Å². The van der Waals surface area contributed by atoms with Crippen LogP contribution < -0.4 is 0 Å². The Balaban J connectivity index is 1.63. The molecule has 0 saturated carbocycles. The van der Waals surface area contributed by atoms with Gasteiger partial charge >= 0.3 is 5.97 Å². The van der Waals surface area contributed by atoms with Gasteiger partial charge in [-0.1, -0.05) is 53.5 Å². The van der Waals surface area contributed by atoms with Crippen molar-refractivity contribution in [2.75, 3.05) is 6.61 Å². The molecule has 28 heavy (non-hydrogen) atoms. The molecule has 4 nitrogen and oxygen atoms in total. The van der Waals surface area contributed by atoms with Gasteiger partial charge in [0.05, 0.1) is 25.0 Å². The molecule has 0 atom stereocenters. The maximum absolute atomic E-state index is 12.3. The van der Waals surface area contributed by atoms with Crippen LogP contribution in [0.5, 0.6) is 0 Å². The van der Waals surface area contributed by atoms with E-state index in [1.165, 1.54) is 0 Å². The van der Waals surface area contributed by atoms with Crippen LogP contribution in [-0.2, 0) is 28.9 Å². The van der Waals surface area contributed by atoms with Crippen LogP contribution in [0.4, 0.5) is 0 Å². The number of esters is 1. The van der Waals surface area contributed by atoms with Crippen LogP contribution >= 0.6 is 23.2 Å². The summed E-state index contributed by atoms with van der Waals surface area (Å²) in [5, 5.41) is 1.24. The van der Waals surface area contributed by atoms with Gasteiger partial charge in [-0.15, -0.1) is 0 Å². The van der Waals surface area contributed by atoms with Crippen LogP contribution in [-0.4, -0.2) is 22.1 Å². The van der Waals surface area contributed by atoms with Crippen molar-refractivity contribution in [3.63, 3.8) is 0 Å². The van der Waals surface area contributed by atoms with E-state index in [1.54, 1.807) is 6.33 Å². The van der Waals surface area contributed by atoms with Crippen LogP contribution in [0.25, 0.3) is 0 Å². The Bertz CT molecular complexity index is 962. The molecule has 3 aromatic rings. The summed E-state index contributed by atoms with van der Waals surface area (Å²) in [7, 11) is 0. The minimum Gasteiger partial charge on any atom is -0.464 e. The van der Waals surface area contributed by atoms with Crippen LogP contribution in [0, 0.1) is 13.8 Å². The molecule has 3 rings (SSSR count). The first-order chi connectivity index (χ1) is 13.5. The number of aromatic nitrogens is 2. The number of nitrogens with zero attached hydrogens (tertiary/aromatic N) is 2. The largest absolute Gasteiger partial charge is 0.464 e. The predicted octanol–water partition coefficient (Wildman–Crippen LogP) is 5.18. The van der Waals surface area contributed by atoms with Crippen molar-refractivity contribution in [3.8, 4) is 0 Å². The number of hydrogen-bond acceptors (Lipinski definition) is 3. The molecule has 146 valence electrons. The second-order valence-corrected chi connectivity index (χ2v) is 7.47. The molecule has 1 aromatic heterocycles. The van der Waals surface area contributed by atoms with Gasteiger partial charge in [-0.25, -0.2) is 4.98 Å². The first-order valence-corrected chi connectivity index (χ1v) is 9.85. The van der Waals surface area contributed by atoms with E-state index in [-0.39, 0.29) is 12.4 Å². The molecule has 0 fully saturated rings. The zero-order chi connectivity index (χ0) is 20.1. The number of halogens is 2. The molecule has 0 aliphatic heterocycles. The maximum Gasteiger partial charge on any atom is 0.310 e. The summed E-state index contributed by atoms with van der Waals surface area (Å²) in [4.78, 5) is 16.6. The van der Waals surface area contributed by atoms with Crippen molar-refractivity contribution in [1.82, 2.24) is 9.55 Å². The Labute approximate surface area is 175 Å². The Morgan fingerprint density at radius 3 is 2.36 bits per heavy atom. The summed E-state index contributed by atoms with van der Waals surface area (Å²) < 4.78 is 7.41. The van der Waals surface area contributed by atoms with E-state index in [1.807, 2.05) is 60.9 Å². The number of carbonyl (C=O) groups excluding carboxylic acids is 1. The lowest BCUT2D eigenvalue weighted by Crippen LogP contribution is -2.14. The molecule has 0 aliphatic carbocycles. The van der Waals surface area contributed by atoms with E-state index >= 15 is 0 Å². The van der Waals surface area contributed by atoms with Crippen molar-refractivity contribution in [3.05, 3.63) is 86.9 Å². The Morgan fingerprint density at radius 1 is 1.04 bits per heavy atom. The van der Waals surface area contributed by atoms with Gasteiger partial charge in [0.25, 0.3) is 0 Å². The van der Waals surface area contributed by atoms with Gasteiger partial charge in [0, 0.05) is 22.2 Å². The summed E-state index contributed by atoms with van der Waals surface area (Å²) >= 11 is 12.6. The summed E-state index contributed by atoms with van der Waals surface area (Å²) in [6.45, 7) is 4.86. The van der Waals surface area contributed by atoms with Crippen molar-refractivity contribution in [1.29, 1.82) is 0 Å². The number of imidazole rings is 1. The molecule has 0 N–H and O–H groups in total. The molecule has 0 amide bonds. The van der Waals surface area contributed by atoms with Crippen molar-refractivity contribution < 1.29 is 9.53 Å². The number of rotatable bonds is 7. The lowest BCUT2D eigenvalue weighted by Gasteiger charge is -2.12. The zero-order valence-corrected chi connectivity index (χ0v) is 17.4. The Kier molecular flexibility index (Phi) is 6.76. The minimum atomic E-state index is -0.257. The number of ether oxygens (including phenoxy) is 1. The molecule has 1 heterocycles. The number of carbonyl (C=O) groups is 1. The molecular weight excluding hydrogens is 395 g/mol. The number of hydrogen-bond donors (Lipinski definition) is 0. The fraction of sp³-hybridized carbons (Fsp3) is 0.273. The molecule has 0 aliphatic rings. The maximum atomic E-state index is 12.3. The molecule has 0 unspecified atom stereocenters. The summed E-state index contributed by atoms with van der Waals surface area (Å²) in [5.74, 6) is -0.257. The normalized spacial score (nSPS) is 10.9. The van der Waals surface area contributed by atoms with E-state index in [2.05, 4.69) is 4.98 Å². The van der Waals surface area contributed by atoms with E-state index in [0.717, 1.165) is 28.1 Å².